The predicted octanol–water partition coefficient (Wildman–Crippen LogP) is 3.74. The highest BCUT2D eigenvalue weighted by Crippen LogP contribution is 2.34. The number of hydrogen-bond donors (Lipinski definition) is 1. The van der Waals surface area contributed by atoms with Crippen LogP contribution in [0.25, 0.3) is 11.1 Å². The molecule has 2 aromatic rings. The topological polar surface area (TPSA) is 29.5 Å². The maximum absolute atomic E-state index is 13.8. The molecule has 0 bridgehead atoms. The molecule has 94 valence electrons. The van der Waals surface area contributed by atoms with Crippen molar-refractivity contribution in [2.75, 3.05) is 6.61 Å². The van der Waals surface area contributed by atoms with Gasteiger partial charge in [0.25, 0.3) is 0 Å². The Labute approximate surface area is 103 Å². The van der Waals surface area contributed by atoms with Crippen molar-refractivity contribution >= 4 is 0 Å². The monoisotopic (exact) mass is 250 g/mol. The zero-order valence-electron chi connectivity index (χ0n) is 9.78. The first kappa shape index (κ1) is 12.4. The summed E-state index contributed by atoms with van der Waals surface area (Å²) in [4.78, 5) is 0. The fourth-order valence-electron chi connectivity index (χ4n) is 1.72. The number of para-hydroxylation sites is 1. The zero-order valence-corrected chi connectivity index (χ0v) is 9.78. The molecule has 0 aliphatic heterocycles. The molecule has 4 heteroatoms. The van der Waals surface area contributed by atoms with Gasteiger partial charge in [-0.05, 0) is 25.1 Å². The minimum atomic E-state index is -1.25. The van der Waals surface area contributed by atoms with Crippen LogP contribution in [-0.4, -0.2) is 11.7 Å². The van der Waals surface area contributed by atoms with Crippen LogP contribution in [-0.2, 0) is 0 Å². The van der Waals surface area contributed by atoms with E-state index < -0.39 is 17.4 Å². The molecule has 0 atom stereocenters. The molecule has 2 rings (SSSR count). The molecule has 0 saturated heterocycles. The molecule has 0 saturated carbocycles. The Balaban J connectivity index is 2.59. The van der Waals surface area contributed by atoms with Gasteiger partial charge in [-0.1, -0.05) is 18.2 Å². The minimum absolute atomic E-state index is 0.0642. The molecule has 0 radical (unpaired) electrons. The van der Waals surface area contributed by atoms with E-state index in [0.29, 0.717) is 17.9 Å². The molecule has 2 aromatic carbocycles. The maximum Gasteiger partial charge on any atom is 0.200 e. The van der Waals surface area contributed by atoms with Gasteiger partial charge in [0.2, 0.25) is 5.82 Å². The molecule has 0 aliphatic rings. The molecule has 0 aliphatic carbocycles. The van der Waals surface area contributed by atoms with Crippen LogP contribution in [0.4, 0.5) is 8.78 Å². The Morgan fingerprint density at radius 2 is 1.72 bits per heavy atom. The number of rotatable bonds is 3. The standard InChI is InChI=1S/C14H12F2O2/c1-2-18-12-6-4-3-5-9(12)10-7-8-11(17)14(16)13(10)15/h3-8,17H,2H2,1H3. The van der Waals surface area contributed by atoms with Crippen molar-refractivity contribution in [1.29, 1.82) is 0 Å². The first-order chi connectivity index (χ1) is 8.65. The van der Waals surface area contributed by atoms with Crippen molar-refractivity contribution in [2.24, 2.45) is 0 Å². The fourth-order valence-corrected chi connectivity index (χ4v) is 1.72. The summed E-state index contributed by atoms with van der Waals surface area (Å²) in [5, 5.41) is 9.10. The third-order valence-electron chi connectivity index (χ3n) is 2.54. The third kappa shape index (κ3) is 2.14. The molecule has 2 nitrogen and oxygen atoms in total. The van der Waals surface area contributed by atoms with Crippen molar-refractivity contribution in [3.8, 4) is 22.6 Å². The van der Waals surface area contributed by atoms with Gasteiger partial charge in [0.1, 0.15) is 5.75 Å². The Kier molecular flexibility index (Phi) is 3.46. The van der Waals surface area contributed by atoms with Gasteiger partial charge in [-0.25, -0.2) is 4.39 Å². The third-order valence-corrected chi connectivity index (χ3v) is 2.54. The summed E-state index contributed by atoms with van der Waals surface area (Å²) in [6, 6.07) is 9.23. The lowest BCUT2D eigenvalue weighted by Crippen LogP contribution is -1.96. The Bertz CT molecular complexity index is 568. The molecular weight excluding hydrogens is 238 g/mol. The van der Waals surface area contributed by atoms with E-state index in [4.69, 9.17) is 9.84 Å². The van der Waals surface area contributed by atoms with Crippen LogP contribution in [0.15, 0.2) is 36.4 Å². The average molecular weight is 250 g/mol. The average Bonchev–Trinajstić information content (AvgIpc) is 2.38. The highest BCUT2D eigenvalue weighted by Gasteiger charge is 2.16. The molecule has 0 unspecified atom stereocenters. The van der Waals surface area contributed by atoms with Crippen molar-refractivity contribution in [3.05, 3.63) is 48.0 Å². The summed E-state index contributed by atoms with van der Waals surface area (Å²) in [5.41, 5.74) is 0.519. The van der Waals surface area contributed by atoms with Gasteiger partial charge in [0.15, 0.2) is 11.6 Å². The second-order valence-corrected chi connectivity index (χ2v) is 3.69. The summed E-state index contributed by atoms with van der Waals surface area (Å²) in [7, 11) is 0. The quantitative estimate of drug-likeness (QED) is 0.899. The highest BCUT2D eigenvalue weighted by molar-refractivity contribution is 5.71. The smallest absolute Gasteiger partial charge is 0.200 e. The van der Waals surface area contributed by atoms with Crippen LogP contribution in [0.5, 0.6) is 11.5 Å². The number of phenols is 1. The molecular formula is C14H12F2O2. The van der Waals surface area contributed by atoms with E-state index in [1.807, 2.05) is 6.92 Å². The number of ether oxygens (including phenoxy) is 1. The maximum atomic E-state index is 13.8. The molecule has 18 heavy (non-hydrogen) atoms. The van der Waals surface area contributed by atoms with Crippen LogP contribution in [0.2, 0.25) is 0 Å². The van der Waals surface area contributed by atoms with Gasteiger partial charge in [-0.2, -0.15) is 4.39 Å². The normalized spacial score (nSPS) is 10.4. The largest absolute Gasteiger partial charge is 0.505 e. The van der Waals surface area contributed by atoms with Crippen LogP contribution >= 0.6 is 0 Å². The number of benzene rings is 2. The van der Waals surface area contributed by atoms with E-state index >= 15 is 0 Å². The summed E-state index contributed by atoms with van der Waals surface area (Å²) < 4.78 is 32.5. The van der Waals surface area contributed by atoms with Gasteiger partial charge in [0.05, 0.1) is 6.61 Å². The van der Waals surface area contributed by atoms with E-state index in [1.165, 1.54) is 6.07 Å². The number of aromatic hydroxyl groups is 1. The lowest BCUT2D eigenvalue weighted by atomic mass is 10.0. The molecule has 0 amide bonds. The summed E-state index contributed by atoms with van der Waals surface area (Å²) >= 11 is 0. The second-order valence-electron chi connectivity index (χ2n) is 3.69. The Morgan fingerprint density at radius 1 is 1.00 bits per heavy atom. The van der Waals surface area contributed by atoms with Crippen LogP contribution in [0.1, 0.15) is 6.92 Å². The number of halogens is 2. The SMILES string of the molecule is CCOc1ccccc1-c1ccc(O)c(F)c1F. The first-order valence-corrected chi connectivity index (χ1v) is 5.54. The van der Waals surface area contributed by atoms with Crippen molar-refractivity contribution in [1.82, 2.24) is 0 Å². The predicted molar refractivity (Wildman–Crippen MR) is 64.6 cm³/mol. The van der Waals surface area contributed by atoms with Gasteiger partial charge >= 0.3 is 0 Å². The van der Waals surface area contributed by atoms with E-state index in [0.717, 1.165) is 6.07 Å². The van der Waals surface area contributed by atoms with E-state index in [1.54, 1.807) is 24.3 Å². The van der Waals surface area contributed by atoms with Crippen LogP contribution < -0.4 is 4.74 Å². The molecule has 0 aromatic heterocycles. The molecule has 0 heterocycles. The van der Waals surface area contributed by atoms with Gasteiger partial charge in [-0.15, -0.1) is 0 Å². The highest BCUT2D eigenvalue weighted by atomic mass is 19.2. The van der Waals surface area contributed by atoms with Gasteiger partial charge in [-0.3, -0.25) is 0 Å². The van der Waals surface area contributed by atoms with Crippen LogP contribution in [0, 0.1) is 11.6 Å². The Hall–Kier alpha value is -2.10. The second kappa shape index (κ2) is 5.04. The van der Waals surface area contributed by atoms with Crippen molar-refractivity contribution < 1.29 is 18.6 Å². The zero-order chi connectivity index (χ0) is 13.1. The lowest BCUT2D eigenvalue weighted by molar-refractivity contribution is 0.341. The number of hydrogen-bond acceptors (Lipinski definition) is 2. The lowest BCUT2D eigenvalue weighted by Gasteiger charge is -2.11. The van der Waals surface area contributed by atoms with E-state index in [9.17, 15) is 8.78 Å². The summed E-state index contributed by atoms with van der Waals surface area (Å²) in [6.45, 7) is 2.24. The minimum Gasteiger partial charge on any atom is -0.505 e. The van der Waals surface area contributed by atoms with Crippen LogP contribution in [0.3, 0.4) is 0 Å². The molecule has 0 fully saturated rings. The Morgan fingerprint density at radius 3 is 2.44 bits per heavy atom. The van der Waals surface area contributed by atoms with E-state index in [2.05, 4.69) is 0 Å². The molecule has 1 N–H and O–H groups in total. The number of phenolic OH excluding ortho intramolecular Hbond substituents is 1. The summed E-state index contributed by atoms with van der Waals surface area (Å²) in [5.74, 6) is -2.56. The molecule has 0 spiro atoms. The van der Waals surface area contributed by atoms with Gasteiger partial charge in [0, 0.05) is 11.1 Å². The summed E-state index contributed by atoms with van der Waals surface area (Å²) in [6.07, 6.45) is 0. The van der Waals surface area contributed by atoms with Crippen molar-refractivity contribution in [3.63, 3.8) is 0 Å². The first-order valence-electron chi connectivity index (χ1n) is 5.54. The van der Waals surface area contributed by atoms with Crippen molar-refractivity contribution in [2.45, 2.75) is 6.92 Å². The van der Waals surface area contributed by atoms with Gasteiger partial charge < -0.3 is 9.84 Å². The van der Waals surface area contributed by atoms with E-state index in [-0.39, 0.29) is 5.56 Å². The fraction of sp³-hybridized carbons (Fsp3) is 0.143.